The average molecular weight is 229 g/mol. The van der Waals surface area contributed by atoms with Crippen LogP contribution in [0.5, 0.6) is 0 Å². The zero-order valence-electron chi connectivity index (χ0n) is 8.32. The van der Waals surface area contributed by atoms with Crippen LogP contribution in [0.15, 0.2) is 18.2 Å². The lowest BCUT2D eigenvalue weighted by molar-refractivity contribution is 0.578. The summed E-state index contributed by atoms with van der Waals surface area (Å²) < 4.78 is 0. The van der Waals surface area contributed by atoms with Crippen molar-refractivity contribution in [1.82, 2.24) is 0 Å². The maximum atomic E-state index is 6.18. The van der Waals surface area contributed by atoms with E-state index in [0.29, 0.717) is 5.41 Å². The number of halogens is 2. The highest BCUT2D eigenvalue weighted by Crippen LogP contribution is 2.49. The predicted octanol–water partition coefficient (Wildman–Crippen LogP) is 4.21. The van der Waals surface area contributed by atoms with Crippen molar-refractivity contribution in [3.05, 3.63) is 34.3 Å². The van der Waals surface area contributed by atoms with E-state index in [4.69, 9.17) is 23.2 Å². The van der Waals surface area contributed by atoms with Crippen molar-refractivity contribution in [2.75, 3.05) is 5.88 Å². The summed E-state index contributed by atoms with van der Waals surface area (Å²) in [5.74, 6) is 0.761. The van der Waals surface area contributed by atoms with Crippen LogP contribution in [-0.2, 0) is 6.42 Å². The summed E-state index contributed by atoms with van der Waals surface area (Å²) >= 11 is 12.1. The minimum atomic E-state index is 0.362. The van der Waals surface area contributed by atoms with Gasteiger partial charge in [0.25, 0.3) is 0 Å². The molecular formula is C12H14Cl2. The van der Waals surface area contributed by atoms with Crippen LogP contribution >= 0.6 is 23.2 Å². The number of rotatable bonds is 3. The van der Waals surface area contributed by atoms with Crippen LogP contribution in [-0.4, -0.2) is 5.88 Å². The van der Waals surface area contributed by atoms with Crippen molar-refractivity contribution in [1.29, 1.82) is 0 Å². The standard InChI is InChI=1S/C12H14Cl2/c1-9-2-3-10(11(14)6-9)7-12(8-13)4-5-12/h2-3,6H,4-5,7-8H2,1H3. The van der Waals surface area contributed by atoms with Gasteiger partial charge in [-0.05, 0) is 48.8 Å². The zero-order chi connectivity index (χ0) is 10.2. The van der Waals surface area contributed by atoms with Crippen LogP contribution in [0.4, 0.5) is 0 Å². The first kappa shape index (κ1) is 10.3. The molecule has 76 valence electrons. The SMILES string of the molecule is Cc1ccc(CC2(CCl)CC2)c(Cl)c1. The highest BCUT2D eigenvalue weighted by atomic mass is 35.5. The molecule has 0 unspecified atom stereocenters. The van der Waals surface area contributed by atoms with Crippen molar-refractivity contribution in [3.63, 3.8) is 0 Å². The molecule has 0 atom stereocenters. The highest BCUT2D eigenvalue weighted by molar-refractivity contribution is 6.31. The van der Waals surface area contributed by atoms with Crippen LogP contribution in [0.1, 0.15) is 24.0 Å². The summed E-state index contributed by atoms with van der Waals surface area (Å²) in [7, 11) is 0. The Balaban J connectivity index is 2.17. The average Bonchev–Trinajstić information content (AvgIpc) is 2.91. The van der Waals surface area contributed by atoms with Gasteiger partial charge in [0.15, 0.2) is 0 Å². The van der Waals surface area contributed by atoms with Gasteiger partial charge >= 0.3 is 0 Å². The van der Waals surface area contributed by atoms with Gasteiger partial charge in [-0.15, -0.1) is 11.6 Å². The number of benzene rings is 1. The maximum absolute atomic E-state index is 6.18. The Morgan fingerprint density at radius 3 is 2.57 bits per heavy atom. The fourth-order valence-electron chi connectivity index (χ4n) is 1.73. The van der Waals surface area contributed by atoms with Crippen molar-refractivity contribution in [2.45, 2.75) is 26.2 Å². The fourth-order valence-corrected chi connectivity index (χ4v) is 2.40. The molecule has 1 aliphatic carbocycles. The van der Waals surface area contributed by atoms with Crippen LogP contribution in [0.3, 0.4) is 0 Å². The quantitative estimate of drug-likeness (QED) is 0.681. The maximum Gasteiger partial charge on any atom is 0.0440 e. The molecule has 14 heavy (non-hydrogen) atoms. The fraction of sp³-hybridized carbons (Fsp3) is 0.500. The summed E-state index contributed by atoms with van der Waals surface area (Å²) in [6.45, 7) is 2.06. The van der Waals surface area contributed by atoms with Gasteiger partial charge in [-0.1, -0.05) is 23.7 Å². The molecular weight excluding hydrogens is 215 g/mol. The Morgan fingerprint density at radius 2 is 2.07 bits per heavy atom. The van der Waals surface area contributed by atoms with Gasteiger partial charge in [0.1, 0.15) is 0 Å². The molecule has 0 saturated heterocycles. The van der Waals surface area contributed by atoms with Gasteiger partial charge in [0, 0.05) is 10.9 Å². The molecule has 0 aliphatic heterocycles. The minimum Gasteiger partial charge on any atom is -0.126 e. The first-order valence-corrected chi connectivity index (χ1v) is 5.87. The zero-order valence-corrected chi connectivity index (χ0v) is 9.83. The van der Waals surface area contributed by atoms with E-state index in [0.717, 1.165) is 17.3 Å². The number of aryl methyl sites for hydroxylation is 1. The van der Waals surface area contributed by atoms with E-state index in [1.165, 1.54) is 24.0 Å². The molecule has 0 radical (unpaired) electrons. The van der Waals surface area contributed by atoms with E-state index in [1.54, 1.807) is 0 Å². The highest BCUT2D eigenvalue weighted by Gasteiger charge is 2.41. The number of alkyl halides is 1. The van der Waals surface area contributed by atoms with E-state index in [9.17, 15) is 0 Å². The second kappa shape index (κ2) is 3.75. The lowest BCUT2D eigenvalue weighted by atomic mass is 9.98. The monoisotopic (exact) mass is 228 g/mol. The molecule has 0 N–H and O–H groups in total. The summed E-state index contributed by atoms with van der Waals surface area (Å²) in [5, 5.41) is 0.890. The molecule has 1 saturated carbocycles. The smallest absolute Gasteiger partial charge is 0.0440 e. The van der Waals surface area contributed by atoms with Gasteiger partial charge in [-0.25, -0.2) is 0 Å². The number of hydrogen-bond acceptors (Lipinski definition) is 0. The van der Waals surface area contributed by atoms with E-state index in [-0.39, 0.29) is 0 Å². The summed E-state index contributed by atoms with van der Waals surface area (Å²) in [6.07, 6.45) is 3.54. The van der Waals surface area contributed by atoms with E-state index >= 15 is 0 Å². The molecule has 1 aliphatic rings. The summed E-state index contributed by atoms with van der Waals surface area (Å²) in [4.78, 5) is 0. The number of hydrogen-bond donors (Lipinski definition) is 0. The molecule has 1 aromatic rings. The van der Waals surface area contributed by atoms with Crippen molar-refractivity contribution in [2.24, 2.45) is 5.41 Å². The van der Waals surface area contributed by atoms with E-state index < -0.39 is 0 Å². The molecule has 0 amide bonds. The Kier molecular flexibility index (Phi) is 2.77. The summed E-state index contributed by atoms with van der Waals surface area (Å²) in [5.41, 5.74) is 2.82. The Hall–Kier alpha value is -0.200. The largest absolute Gasteiger partial charge is 0.126 e. The van der Waals surface area contributed by atoms with Crippen molar-refractivity contribution in [3.8, 4) is 0 Å². The topological polar surface area (TPSA) is 0 Å². The van der Waals surface area contributed by atoms with E-state index in [2.05, 4.69) is 19.1 Å². The van der Waals surface area contributed by atoms with E-state index in [1.807, 2.05) is 6.07 Å². The molecule has 0 heterocycles. The Labute approximate surface area is 95.2 Å². The third-order valence-electron chi connectivity index (χ3n) is 3.01. The summed E-state index contributed by atoms with van der Waals surface area (Å²) in [6, 6.07) is 6.27. The lowest BCUT2D eigenvalue weighted by Gasteiger charge is -2.12. The van der Waals surface area contributed by atoms with Crippen LogP contribution in [0.2, 0.25) is 5.02 Å². The second-order valence-corrected chi connectivity index (χ2v) is 5.08. The predicted molar refractivity (Wildman–Crippen MR) is 62.3 cm³/mol. The molecule has 0 aromatic heterocycles. The molecule has 0 nitrogen and oxygen atoms in total. The van der Waals surface area contributed by atoms with Crippen LogP contribution in [0, 0.1) is 12.3 Å². The molecule has 0 spiro atoms. The van der Waals surface area contributed by atoms with Gasteiger partial charge in [-0.3, -0.25) is 0 Å². The van der Waals surface area contributed by atoms with Gasteiger partial charge < -0.3 is 0 Å². The normalized spacial score (nSPS) is 18.2. The third kappa shape index (κ3) is 2.07. The minimum absolute atomic E-state index is 0.362. The third-order valence-corrected chi connectivity index (χ3v) is 3.93. The van der Waals surface area contributed by atoms with Gasteiger partial charge in [-0.2, -0.15) is 0 Å². The van der Waals surface area contributed by atoms with Crippen molar-refractivity contribution >= 4 is 23.2 Å². The first-order valence-electron chi connectivity index (χ1n) is 4.96. The molecule has 2 heteroatoms. The second-order valence-electron chi connectivity index (χ2n) is 4.41. The van der Waals surface area contributed by atoms with Crippen LogP contribution < -0.4 is 0 Å². The Morgan fingerprint density at radius 1 is 1.36 bits per heavy atom. The van der Waals surface area contributed by atoms with Crippen LogP contribution in [0.25, 0.3) is 0 Å². The Bertz CT molecular complexity index is 340. The van der Waals surface area contributed by atoms with Gasteiger partial charge in [0.05, 0.1) is 0 Å². The van der Waals surface area contributed by atoms with Crippen molar-refractivity contribution < 1.29 is 0 Å². The molecule has 0 bridgehead atoms. The molecule has 1 aromatic carbocycles. The molecule has 1 fully saturated rings. The first-order chi connectivity index (χ1) is 6.65. The van der Waals surface area contributed by atoms with Gasteiger partial charge in [0.2, 0.25) is 0 Å². The molecule has 2 rings (SSSR count). The lowest BCUT2D eigenvalue weighted by Crippen LogP contribution is -2.06.